The third-order valence-corrected chi connectivity index (χ3v) is 6.77. The Kier molecular flexibility index (Phi) is 7.83. The number of amidine groups is 1. The highest BCUT2D eigenvalue weighted by Crippen LogP contribution is 2.39. The maximum atomic E-state index is 12.5. The van der Waals surface area contributed by atoms with E-state index in [9.17, 15) is 14.9 Å². The average Bonchev–Trinajstić information content (AvgIpc) is 3.19. The van der Waals surface area contributed by atoms with Crippen LogP contribution in [0.25, 0.3) is 6.08 Å². The van der Waals surface area contributed by atoms with Crippen LogP contribution in [0.2, 0.25) is 10.0 Å². The number of nitro groups is 1. The van der Waals surface area contributed by atoms with Crippen molar-refractivity contribution >= 4 is 63.5 Å². The van der Waals surface area contributed by atoms with Crippen molar-refractivity contribution in [2.75, 3.05) is 7.11 Å². The summed E-state index contributed by atoms with van der Waals surface area (Å²) in [4.78, 5) is 28.0. The van der Waals surface area contributed by atoms with Gasteiger partial charge in [-0.3, -0.25) is 14.9 Å². The van der Waals surface area contributed by atoms with E-state index in [0.29, 0.717) is 37.7 Å². The molecule has 0 bridgehead atoms. The molecule has 0 aromatic heterocycles. The van der Waals surface area contributed by atoms with Crippen molar-refractivity contribution in [3.8, 4) is 11.5 Å². The van der Waals surface area contributed by atoms with Crippen molar-refractivity contribution in [2.24, 2.45) is 4.99 Å². The van der Waals surface area contributed by atoms with Crippen LogP contribution < -0.4 is 14.8 Å². The molecular formula is C25H19Cl2N3O5S. The van der Waals surface area contributed by atoms with Crippen LogP contribution in [0.5, 0.6) is 11.5 Å². The summed E-state index contributed by atoms with van der Waals surface area (Å²) in [5, 5.41) is 15.0. The minimum Gasteiger partial charge on any atom is -0.493 e. The first kappa shape index (κ1) is 25.6. The smallest absolute Gasteiger partial charge is 0.269 e. The molecule has 36 heavy (non-hydrogen) atoms. The van der Waals surface area contributed by atoms with E-state index in [0.717, 1.165) is 5.56 Å². The highest BCUT2D eigenvalue weighted by Gasteiger charge is 2.24. The molecule has 1 saturated heterocycles. The number of carbonyl (C=O) groups excluding carboxylic acids is 1. The molecule has 0 unspecified atom stereocenters. The molecule has 3 aromatic carbocycles. The van der Waals surface area contributed by atoms with Gasteiger partial charge in [0.1, 0.15) is 6.61 Å². The Morgan fingerprint density at radius 3 is 2.67 bits per heavy atom. The standard InChI is InChI=1S/C25H19Cl2N3O5S/c1-14-18(26)7-4-8-20(14)28-25-29-24(31)22(36-25)12-16-10-19(27)23(21(11-16)34-2)35-13-15-5-3-6-17(9-15)30(32)33/h3-12H,13H2,1-2H3,(H,28,29,31)/b22-12+. The second kappa shape index (κ2) is 11.0. The number of benzene rings is 3. The SMILES string of the molecule is COc1cc(/C=C2/SC(=Nc3cccc(Cl)c3C)NC2=O)cc(Cl)c1OCc1cccc([N+](=O)[O-])c1. The van der Waals surface area contributed by atoms with Crippen molar-refractivity contribution in [1.82, 2.24) is 5.32 Å². The second-order valence-corrected chi connectivity index (χ2v) is 9.46. The van der Waals surface area contributed by atoms with Gasteiger partial charge >= 0.3 is 0 Å². The first-order chi connectivity index (χ1) is 17.2. The highest BCUT2D eigenvalue weighted by molar-refractivity contribution is 8.18. The van der Waals surface area contributed by atoms with E-state index in [-0.39, 0.29) is 29.0 Å². The molecule has 1 N–H and O–H groups in total. The Labute approximate surface area is 221 Å². The molecule has 1 fully saturated rings. The molecule has 3 aromatic rings. The molecule has 0 radical (unpaired) electrons. The normalized spacial score (nSPS) is 15.3. The first-order valence-electron chi connectivity index (χ1n) is 10.5. The van der Waals surface area contributed by atoms with E-state index < -0.39 is 4.92 Å². The van der Waals surface area contributed by atoms with Crippen LogP contribution in [0.1, 0.15) is 16.7 Å². The molecule has 8 nitrogen and oxygen atoms in total. The molecule has 1 aliphatic rings. The zero-order valence-corrected chi connectivity index (χ0v) is 21.4. The summed E-state index contributed by atoms with van der Waals surface area (Å²) >= 11 is 13.8. The number of aliphatic imine (C=N–C) groups is 1. The third kappa shape index (κ3) is 5.81. The number of hydrogen-bond acceptors (Lipinski definition) is 7. The number of amides is 1. The monoisotopic (exact) mass is 543 g/mol. The first-order valence-corrected chi connectivity index (χ1v) is 12.1. The topological polar surface area (TPSA) is 103 Å². The third-order valence-electron chi connectivity index (χ3n) is 5.17. The molecule has 1 aliphatic heterocycles. The van der Waals surface area contributed by atoms with Gasteiger partial charge in [-0.25, -0.2) is 4.99 Å². The Bertz CT molecular complexity index is 1420. The van der Waals surface area contributed by atoms with Crippen LogP contribution in [-0.4, -0.2) is 23.1 Å². The molecule has 0 aliphatic carbocycles. The van der Waals surface area contributed by atoms with Crippen molar-refractivity contribution in [3.05, 3.63) is 96.4 Å². The van der Waals surface area contributed by atoms with Crippen molar-refractivity contribution in [1.29, 1.82) is 0 Å². The fraction of sp³-hybridized carbons (Fsp3) is 0.120. The minimum absolute atomic E-state index is 0.0306. The van der Waals surface area contributed by atoms with Crippen LogP contribution in [0, 0.1) is 17.0 Å². The van der Waals surface area contributed by atoms with E-state index in [4.69, 9.17) is 32.7 Å². The fourth-order valence-corrected chi connectivity index (χ4v) is 4.61. The lowest BCUT2D eigenvalue weighted by Crippen LogP contribution is -2.19. The zero-order valence-electron chi connectivity index (χ0n) is 19.1. The van der Waals surface area contributed by atoms with Crippen LogP contribution in [0.4, 0.5) is 11.4 Å². The quantitative estimate of drug-likeness (QED) is 0.202. The summed E-state index contributed by atoms with van der Waals surface area (Å²) in [6, 6.07) is 14.9. The van der Waals surface area contributed by atoms with Gasteiger partial charge in [0.15, 0.2) is 16.7 Å². The summed E-state index contributed by atoms with van der Waals surface area (Å²) in [7, 11) is 1.47. The summed E-state index contributed by atoms with van der Waals surface area (Å²) in [5.41, 5.74) is 2.68. The van der Waals surface area contributed by atoms with E-state index in [1.165, 1.54) is 31.0 Å². The van der Waals surface area contributed by atoms with Gasteiger partial charge in [-0.1, -0.05) is 41.4 Å². The van der Waals surface area contributed by atoms with E-state index in [2.05, 4.69) is 10.3 Å². The van der Waals surface area contributed by atoms with Gasteiger partial charge < -0.3 is 14.8 Å². The molecule has 0 saturated carbocycles. The molecule has 1 heterocycles. The summed E-state index contributed by atoms with van der Waals surface area (Å²) in [6.45, 7) is 1.91. The van der Waals surface area contributed by atoms with Crippen LogP contribution in [0.3, 0.4) is 0 Å². The van der Waals surface area contributed by atoms with Crippen molar-refractivity contribution in [2.45, 2.75) is 13.5 Å². The number of halogens is 2. The number of rotatable bonds is 7. The zero-order chi connectivity index (χ0) is 25.8. The second-order valence-electron chi connectivity index (χ2n) is 7.62. The maximum absolute atomic E-state index is 12.5. The van der Waals surface area contributed by atoms with Crippen LogP contribution in [-0.2, 0) is 11.4 Å². The Morgan fingerprint density at radius 1 is 1.14 bits per heavy atom. The highest BCUT2D eigenvalue weighted by atomic mass is 35.5. The number of carbonyl (C=O) groups is 1. The summed E-state index contributed by atoms with van der Waals surface area (Å²) in [6.07, 6.45) is 1.67. The van der Waals surface area contributed by atoms with Gasteiger partial charge in [0.25, 0.3) is 11.6 Å². The molecule has 1 amide bonds. The van der Waals surface area contributed by atoms with E-state index in [1.54, 1.807) is 42.5 Å². The number of non-ortho nitro benzene ring substituents is 1. The number of nitro benzene ring substituents is 1. The van der Waals surface area contributed by atoms with Gasteiger partial charge in [0.05, 0.1) is 27.6 Å². The summed E-state index contributed by atoms with van der Waals surface area (Å²) in [5.74, 6) is 0.348. The van der Waals surface area contributed by atoms with E-state index >= 15 is 0 Å². The Balaban J connectivity index is 1.54. The summed E-state index contributed by atoms with van der Waals surface area (Å²) < 4.78 is 11.3. The number of methoxy groups -OCH3 is 1. The molecule has 0 atom stereocenters. The molecule has 0 spiro atoms. The Morgan fingerprint density at radius 2 is 1.92 bits per heavy atom. The van der Waals surface area contributed by atoms with Gasteiger partial charge in [-0.2, -0.15) is 0 Å². The van der Waals surface area contributed by atoms with E-state index in [1.807, 2.05) is 13.0 Å². The molecular weight excluding hydrogens is 525 g/mol. The molecule has 4 rings (SSSR count). The lowest BCUT2D eigenvalue weighted by molar-refractivity contribution is -0.384. The average molecular weight is 544 g/mol. The van der Waals surface area contributed by atoms with Crippen LogP contribution >= 0.6 is 35.0 Å². The largest absolute Gasteiger partial charge is 0.493 e. The number of thioether (sulfide) groups is 1. The number of ether oxygens (including phenoxy) is 2. The van der Waals surface area contributed by atoms with Gasteiger partial charge in [0, 0.05) is 17.2 Å². The predicted octanol–water partition coefficient (Wildman–Crippen LogP) is 6.69. The van der Waals surface area contributed by atoms with Crippen LogP contribution in [0.15, 0.2) is 64.5 Å². The van der Waals surface area contributed by atoms with Gasteiger partial charge in [-0.15, -0.1) is 0 Å². The number of hydrogen-bond donors (Lipinski definition) is 1. The molecule has 11 heteroatoms. The van der Waals surface area contributed by atoms with Gasteiger partial charge in [0.2, 0.25) is 0 Å². The maximum Gasteiger partial charge on any atom is 0.269 e. The molecule has 184 valence electrons. The lowest BCUT2D eigenvalue weighted by Gasteiger charge is -2.13. The number of nitrogens with zero attached hydrogens (tertiary/aromatic N) is 2. The Hall–Kier alpha value is -3.53. The van der Waals surface area contributed by atoms with Crippen molar-refractivity contribution < 1.29 is 19.2 Å². The predicted molar refractivity (Wildman–Crippen MR) is 142 cm³/mol. The van der Waals surface area contributed by atoms with Gasteiger partial charge in [-0.05, 0) is 65.7 Å². The fourth-order valence-electron chi connectivity index (χ4n) is 3.34. The lowest BCUT2D eigenvalue weighted by atomic mass is 10.1. The number of nitrogens with one attached hydrogen (secondary N) is 1. The van der Waals surface area contributed by atoms with Crippen molar-refractivity contribution in [3.63, 3.8) is 0 Å². The minimum atomic E-state index is -0.469.